The fourth-order valence-corrected chi connectivity index (χ4v) is 2.94. The lowest BCUT2D eigenvalue weighted by molar-refractivity contribution is 0.713. The molecule has 3 aromatic rings. The van der Waals surface area contributed by atoms with E-state index in [1.165, 1.54) is 0 Å². The van der Waals surface area contributed by atoms with Crippen LogP contribution in [-0.4, -0.2) is 27.3 Å². The molecule has 6 nitrogen and oxygen atoms in total. The Labute approximate surface area is 170 Å². The Morgan fingerprint density at radius 1 is 1.04 bits per heavy atom. The van der Waals surface area contributed by atoms with Crippen molar-refractivity contribution in [2.24, 2.45) is 12.0 Å². The molecule has 2 N–H and O–H groups in total. The van der Waals surface area contributed by atoms with Crippen molar-refractivity contribution < 1.29 is 0 Å². The highest BCUT2D eigenvalue weighted by Gasteiger charge is 2.07. The summed E-state index contributed by atoms with van der Waals surface area (Å²) in [4.78, 5) is 4.70. The third-order valence-corrected chi connectivity index (χ3v) is 4.87. The zero-order valence-corrected chi connectivity index (χ0v) is 16.9. The molecule has 7 heteroatoms. The molecule has 0 saturated heterocycles. The summed E-state index contributed by atoms with van der Waals surface area (Å²) in [5.41, 5.74) is 2.27. The van der Waals surface area contributed by atoms with E-state index in [0.717, 1.165) is 46.7 Å². The van der Waals surface area contributed by atoms with Crippen LogP contribution in [0.1, 0.15) is 22.8 Å². The van der Waals surface area contributed by atoms with E-state index in [9.17, 15) is 0 Å². The lowest BCUT2D eigenvalue weighted by Crippen LogP contribution is -2.38. The van der Waals surface area contributed by atoms with Gasteiger partial charge in [0.2, 0.25) is 0 Å². The van der Waals surface area contributed by atoms with Gasteiger partial charge < -0.3 is 15.2 Å². The summed E-state index contributed by atoms with van der Waals surface area (Å²) in [6, 6.07) is 18.1. The van der Waals surface area contributed by atoms with Gasteiger partial charge in [-0.05, 0) is 30.5 Å². The number of hydrogen-bond donors (Lipinski definition) is 2. The minimum Gasteiger partial charge on any atom is -0.356 e. The van der Waals surface area contributed by atoms with Crippen LogP contribution >= 0.6 is 11.6 Å². The van der Waals surface area contributed by atoms with Crippen LogP contribution in [0.4, 0.5) is 0 Å². The normalized spacial score (nSPS) is 11.5. The highest BCUT2D eigenvalue weighted by molar-refractivity contribution is 6.31. The lowest BCUT2D eigenvalue weighted by atomic mass is 10.1. The number of aliphatic imine (C=N–C) groups is 1. The highest BCUT2D eigenvalue weighted by atomic mass is 35.5. The van der Waals surface area contributed by atoms with Crippen LogP contribution in [0.2, 0.25) is 5.02 Å². The van der Waals surface area contributed by atoms with Crippen molar-refractivity contribution in [3.05, 3.63) is 82.4 Å². The summed E-state index contributed by atoms with van der Waals surface area (Å²) in [5, 5.41) is 15.8. The number of rotatable bonds is 7. The van der Waals surface area contributed by atoms with Gasteiger partial charge >= 0.3 is 0 Å². The van der Waals surface area contributed by atoms with E-state index >= 15 is 0 Å². The molecule has 2 aromatic carbocycles. The van der Waals surface area contributed by atoms with Gasteiger partial charge in [-0.3, -0.25) is 0 Å². The number of nitrogens with one attached hydrogen (secondary N) is 2. The molecule has 0 bridgehead atoms. The van der Waals surface area contributed by atoms with Crippen LogP contribution in [0.25, 0.3) is 0 Å². The summed E-state index contributed by atoms with van der Waals surface area (Å²) >= 11 is 6.25. The van der Waals surface area contributed by atoms with Crippen molar-refractivity contribution in [1.29, 1.82) is 0 Å². The molecule has 1 aromatic heterocycles. The van der Waals surface area contributed by atoms with E-state index in [1.54, 1.807) is 0 Å². The Balaban J connectivity index is 1.63. The maximum absolute atomic E-state index is 6.25. The van der Waals surface area contributed by atoms with E-state index in [2.05, 4.69) is 33.0 Å². The quantitative estimate of drug-likeness (QED) is 0.475. The summed E-state index contributed by atoms with van der Waals surface area (Å²) in [5.74, 6) is 2.47. The predicted molar refractivity (Wildman–Crippen MR) is 113 cm³/mol. The van der Waals surface area contributed by atoms with Gasteiger partial charge in [0, 0.05) is 18.6 Å². The molecular formula is C21H25ClN6. The first-order valence-corrected chi connectivity index (χ1v) is 9.65. The number of guanidine groups is 1. The number of benzene rings is 2. The maximum atomic E-state index is 6.25. The van der Waals surface area contributed by atoms with Gasteiger partial charge in [0.25, 0.3) is 0 Å². The minimum absolute atomic E-state index is 0.546. The van der Waals surface area contributed by atoms with Crippen LogP contribution in [0.15, 0.2) is 59.6 Å². The van der Waals surface area contributed by atoms with Crippen molar-refractivity contribution in [3.63, 3.8) is 0 Å². The molecule has 0 aliphatic rings. The molecule has 0 amide bonds. The van der Waals surface area contributed by atoms with Crippen LogP contribution in [0, 0.1) is 6.92 Å². The van der Waals surface area contributed by atoms with Gasteiger partial charge in [-0.15, -0.1) is 10.2 Å². The summed E-state index contributed by atoms with van der Waals surface area (Å²) in [7, 11) is 1.96. The molecule has 0 fully saturated rings. The van der Waals surface area contributed by atoms with E-state index in [4.69, 9.17) is 16.6 Å². The third kappa shape index (κ3) is 5.57. The van der Waals surface area contributed by atoms with E-state index in [0.29, 0.717) is 13.1 Å². The van der Waals surface area contributed by atoms with E-state index in [1.807, 2.05) is 61.0 Å². The maximum Gasteiger partial charge on any atom is 0.191 e. The van der Waals surface area contributed by atoms with Gasteiger partial charge in [0.15, 0.2) is 11.8 Å². The lowest BCUT2D eigenvalue weighted by Gasteiger charge is -2.13. The topological polar surface area (TPSA) is 67.1 Å². The molecule has 0 spiro atoms. The largest absolute Gasteiger partial charge is 0.356 e. The summed E-state index contributed by atoms with van der Waals surface area (Å²) in [6.45, 7) is 3.80. The standard InChI is InChI=1S/C21H25ClN6/c1-16-26-27-20(28(16)2)15-25-21(24-14-17-8-4-3-5-9-17)23-13-12-18-10-6-7-11-19(18)22/h3-11H,12-15H2,1-2H3,(H2,23,24,25). The molecule has 28 heavy (non-hydrogen) atoms. The number of aryl methyl sites for hydroxylation is 1. The molecule has 1 heterocycles. The average Bonchev–Trinajstić information content (AvgIpc) is 3.04. The Morgan fingerprint density at radius 2 is 1.79 bits per heavy atom. The molecule has 0 atom stereocenters. The molecule has 0 radical (unpaired) electrons. The second kappa shape index (κ2) is 9.90. The van der Waals surface area contributed by atoms with Crippen LogP contribution in [0.5, 0.6) is 0 Å². The second-order valence-electron chi connectivity index (χ2n) is 6.49. The van der Waals surface area contributed by atoms with Gasteiger partial charge in [-0.25, -0.2) is 4.99 Å². The van der Waals surface area contributed by atoms with Crippen LogP contribution in [0.3, 0.4) is 0 Å². The molecule has 0 saturated carbocycles. The zero-order valence-electron chi connectivity index (χ0n) is 16.2. The number of aromatic nitrogens is 3. The van der Waals surface area contributed by atoms with Crippen LogP contribution < -0.4 is 10.6 Å². The number of nitrogens with zero attached hydrogens (tertiary/aromatic N) is 4. The average molecular weight is 397 g/mol. The number of hydrogen-bond acceptors (Lipinski definition) is 3. The van der Waals surface area contributed by atoms with Crippen LogP contribution in [-0.2, 0) is 26.6 Å². The fraction of sp³-hybridized carbons (Fsp3) is 0.286. The number of halogens is 1. The van der Waals surface area contributed by atoms with Gasteiger partial charge in [0.05, 0.1) is 13.1 Å². The summed E-state index contributed by atoms with van der Waals surface area (Å²) < 4.78 is 1.96. The van der Waals surface area contributed by atoms with Gasteiger partial charge in [-0.1, -0.05) is 60.1 Å². The first-order chi connectivity index (χ1) is 13.6. The van der Waals surface area contributed by atoms with E-state index < -0.39 is 0 Å². The van der Waals surface area contributed by atoms with Gasteiger partial charge in [-0.2, -0.15) is 0 Å². The van der Waals surface area contributed by atoms with E-state index in [-0.39, 0.29) is 0 Å². The van der Waals surface area contributed by atoms with Crippen molar-refractivity contribution >= 4 is 17.6 Å². The van der Waals surface area contributed by atoms with Crippen molar-refractivity contribution in [2.45, 2.75) is 26.4 Å². The smallest absolute Gasteiger partial charge is 0.191 e. The highest BCUT2D eigenvalue weighted by Crippen LogP contribution is 2.14. The van der Waals surface area contributed by atoms with Crippen molar-refractivity contribution in [3.8, 4) is 0 Å². The summed E-state index contributed by atoms with van der Waals surface area (Å²) in [6.07, 6.45) is 0.814. The monoisotopic (exact) mass is 396 g/mol. The Hall–Kier alpha value is -2.86. The third-order valence-electron chi connectivity index (χ3n) is 4.50. The molecule has 0 aliphatic heterocycles. The second-order valence-corrected chi connectivity index (χ2v) is 6.90. The fourth-order valence-electron chi connectivity index (χ4n) is 2.71. The van der Waals surface area contributed by atoms with Crippen molar-refractivity contribution in [2.75, 3.05) is 6.54 Å². The minimum atomic E-state index is 0.546. The zero-order chi connectivity index (χ0) is 19.8. The first-order valence-electron chi connectivity index (χ1n) is 9.28. The Bertz CT molecular complexity index is 920. The first kappa shape index (κ1) is 19.9. The van der Waals surface area contributed by atoms with Crippen molar-refractivity contribution in [1.82, 2.24) is 25.4 Å². The van der Waals surface area contributed by atoms with Gasteiger partial charge in [0.1, 0.15) is 5.82 Å². The molecule has 146 valence electrons. The molecule has 0 aliphatic carbocycles. The predicted octanol–water partition coefficient (Wildman–Crippen LogP) is 3.26. The molecule has 0 unspecified atom stereocenters. The molecular weight excluding hydrogens is 372 g/mol. The Morgan fingerprint density at radius 3 is 2.50 bits per heavy atom. The SMILES string of the molecule is Cc1nnc(CNC(=NCc2ccccc2)NCCc2ccccc2Cl)n1C. The molecule has 3 rings (SSSR count). The Kier molecular flexibility index (Phi) is 7.03.